The van der Waals surface area contributed by atoms with Gasteiger partial charge in [-0.2, -0.15) is 5.10 Å². The highest BCUT2D eigenvalue weighted by molar-refractivity contribution is 7.99. The van der Waals surface area contributed by atoms with Crippen LogP contribution in [0.25, 0.3) is 11.0 Å². The van der Waals surface area contributed by atoms with E-state index in [4.69, 9.17) is 4.74 Å². The molecule has 3 aromatic rings. The Morgan fingerprint density at radius 2 is 2.12 bits per heavy atom. The molecule has 1 aromatic carbocycles. The van der Waals surface area contributed by atoms with Crippen molar-refractivity contribution in [1.82, 2.24) is 25.1 Å². The summed E-state index contributed by atoms with van der Waals surface area (Å²) in [5.74, 6) is 1.21. The van der Waals surface area contributed by atoms with Gasteiger partial charge in [0.25, 0.3) is 11.6 Å². The van der Waals surface area contributed by atoms with Crippen molar-refractivity contribution in [3.63, 3.8) is 0 Å². The van der Waals surface area contributed by atoms with Crippen LogP contribution in [0, 0.1) is 17.0 Å². The molecule has 1 amide bonds. The normalized spacial score (nSPS) is 11.0. The number of hydrogen-bond acceptors (Lipinski definition) is 9. The third kappa shape index (κ3) is 6.17. The Bertz CT molecular complexity index is 1140. The number of nitrogens with one attached hydrogen (secondary N) is 2. The van der Waals surface area contributed by atoms with Crippen LogP contribution >= 0.6 is 11.8 Å². The van der Waals surface area contributed by atoms with E-state index in [1.54, 1.807) is 48.8 Å². The first-order valence-corrected chi connectivity index (χ1v) is 11.6. The molecule has 2 aromatic heterocycles. The summed E-state index contributed by atoms with van der Waals surface area (Å²) in [6.45, 7) is 5.54. The Labute approximate surface area is 195 Å². The van der Waals surface area contributed by atoms with E-state index < -0.39 is 4.92 Å². The van der Waals surface area contributed by atoms with Crippen molar-refractivity contribution in [1.29, 1.82) is 0 Å². The van der Waals surface area contributed by atoms with Crippen molar-refractivity contribution in [2.24, 2.45) is 0 Å². The Balaban J connectivity index is 1.73. The second-order valence-corrected chi connectivity index (χ2v) is 8.30. The van der Waals surface area contributed by atoms with Crippen LogP contribution in [-0.4, -0.2) is 63.1 Å². The summed E-state index contributed by atoms with van der Waals surface area (Å²) >= 11 is 1.57. The minimum atomic E-state index is -0.492. The van der Waals surface area contributed by atoms with Crippen molar-refractivity contribution in [2.75, 3.05) is 37.9 Å². The largest absolute Gasteiger partial charge is 0.383 e. The van der Waals surface area contributed by atoms with E-state index in [1.165, 1.54) is 6.07 Å². The van der Waals surface area contributed by atoms with Gasteiger partial charge in [0.1, 0.15) is 5.82 Å². The van der Waals surface area contributed by atoms with E-state index in [-0.39, 0.29) is 23.7 Å². The fraction of sp³-hybridized carbons (Fsp3) is 0.429. The Morgan fingerprint density at radius 1 is 1.30 bits per heavy atom. The van der Waals surface area contributed by atoms with Gasteiger partial charge in [-0.15, -0.1) is 0 Å². The van der Waals surface area contributed by atoms with Gasteiger partial charge < -0.3 is 15.4 Å². The smallest absolute Gasteiger partial charge is 0.273 e. The van der Waals surface area contributed by atoms with Crippen molar-refractivity contribution in [2.45, 2.75) is 32.0 Å². The Morgan fingerprint density at radius 3 is 2.85 bits per heavy atom. The first kappa shape index (κ1) is 24.4. The van der Waals surface area contributed by atoms with Crippen LogP contribution in [-0.2, 0) is 11.3 Å². The van der Waals surface area contributed by atoms with Crippen molar-refractivity contribution in [3.8, 4) is 0 Å². The predicted molar refractivity (Wildman–Crippen MR) is 127 cm³/mol. The number of carbonyl (C=O) groups excluding carboxylic acids is 1. The number of aromatic nitrogens is 4. The van der Waals surface area contributed by atoms with Gasteiger partial charge in [0.15, 0.2) is 10.8 Å². The summed E-state index contributed by atoms with van der Waals surface area (Å²) in [6, 6.07) is 4.43. The average Bonchev–Trinajstić information content (AvgIpc) is 3.21. The first-order chi connectivity index (χ1) is 15.9. The molecule has 0 saturated carbocycles. The van der Waals surface area contributed by atoms with Crippen LogP contribution in [0.4, 0.5) is 11.5 Å². The minimum absolute atomic E-state index is 0.0805. The molecule has 2 heterocycles. The number of methoxy groups -OCH3 is 1. The van der Waals surface area contributed by atoms with Crippen LogP contribution in [0.1, 0.15) is 29.3 Å². The summed E-state index contributed by atoms with van der Waals surface area (Å²) in [6.07, 6.45) is 2.70. The molecule has 3 rings (SSSR count). The van der Waals surface area contributed by atoms with E-state index in [0.29, 0.717) is 41.9 Å². The molecule has 0 aliphatic heterocycles. The number of rotatable bonds is 12. The monoisotopic (exact) mass is 473 g/mol. The summed E-state index contributed by atoms with van der Waals surface area (Å²) in [5, 5.41) is 23.0. The first-order valence-electron chi connectivity index (χ1n) is 10.6. The number of benzene rings is 1. The summed E-state index contributed by atoms with van der Waals surface area (Å²) in [7, 11) is 1.64. The minimum Gasteiger partial charge on any atom is -0.383 e. The lowest BCUT2D eigenvalue weighted by Gasteiger charge is -2.10. The third-order valence-electron chi connectivity index (χ3n) is 4.79. The molecule has 0 bridgehead atoms. The summed E-state index contributed by atoms with van der Waals surface area (Å²) in [4.78, 5) is 32.4. The standard InChI is InChI=1S/C21H27N7O4S/c1-4-11-33-21-25-18(22-8-10-32-3)16-13-24-27(19(16)26-21)9-7-23-20(29)15-6-5-14(2)17(12-15)28(30)31/h5-6,12-13H,4,7-11H2,1-3H3,(H,23,29)(H,22,25,26). The third-order valence-corrected chi connectivity index (χ3v) is 5.84. The number of ether oxygens (including phenoxy) is 1. The zero-order valence-corrected chi connectivity index (χ0v) is 19.6. The van der Waals surface area contributed by atoms with E-state index in [1.807, 2.05) is 0 Å². The van der Waals surface area contributed by atoms with Gasteiger partial charge in [-0.25, -0.2) is 14.6 Å². The quantitative estimate of drug-likeness (QED) is 0.134. The Hall–Kier alpha value is -3.25. The number of nitro groups is 1. The predicted octanol–water partition coefficient (Wildman–Crippen LogP) is 3.03. The summed E-state index contributed by atoms with van der Waals surface area (Å²) in [5.41, 5.74) is 1.33. The molecule has 2 N–H and O–H groups in total. The van der Waals surface area contributed by atoms with Crippen LogP contribution < -0.4 is 10.6 Å². The number of nitro benzene ring substituents is 1. The molecular formula is C21H27N7O4S. The van der Waals surface area contributed by atoms with Gasteiger partial charge in [0.2, 0.25) is 0 Å². The highest BCUT2D eigenvalue weighted by atomic mass is 32.2. The molecular weight excluding hydrogens is 446 g/mol. The van der Waals surface area contributed by atoms with Gasteiger partial charge in [0, 0.05) is 43.1 Å². The molecule has 12 heteroatoms. The number of thioether (sulfide) groups is 1. The van der Waals surface area contributed by atoms with E-state index in [0.717, 1.165) is 17.6 Å². The highest BCUT2D eigenvalue weighted by Crippen LogP contribution is 2.25. The van der Waals surface area contributed by atoms with Gasteiger partial charge in [-0.1, -0.05) is 24.8 Å². The number of nitrogens with zero attached hydrogens (tertiary/aromatic N) is 5. The zero-order chi connectivity index (χ0) is 23.8. The van der Waals surface area contributed by atoms with Crippen LogP contribution in [0.15, 0.2) is 29.6 Å². The number of fused-ring (bicyclic) bond motifs is 1. The average molecular weight is 474 g/mol. The molecule has 33 heavy (non-hydrogen) atoms. The SMILES string of the molecule is CCCSc1nc(NCCOC)c2cnn(CCNC(=O)c3ccc(C)c([N+](=O)[O-])c3)c2n1. The van der Waals surface area contributed by atoms with E-state index in [2.05, 4.69) is 32.6 Å². The summed E-state index contributed by atoms with van der Waals surface area (Å²) < 4.78 is 6.82. The van der Waals surface area contributed by atoms with Crippen molar-refractivity contribution >= 4 is 40.2 Å². The van der Waals surface area contributed by atoms with E-state index >= 15 is 0 Å². The molecule has 0 aliphatic carbocycles. The fourth-order valence-corrected chi connectivity index (χ4v) is 3.78. The second-order valence-electron chi connectivity index (χ2n) is 7.24. The molecule has 0 saturated heterocycles. The van der Waals surface area contributed by atoms with Crippen LogP contribution in [0.3, 0.4) is 0 Å². The van der Waals surface area contributed by atoms with Gasteiger partial charge >= 0.3 is 0 Å². The fourth-order valence-electron chi connectivity index (χ4n) is 3.09. The lowest BCUT2D eigenvalue weighted by Crippen LogP contribution is -2.27. The number of carbonyl (C=O) groups is 1. The lowest BCUT2D eigenvalue weighted by atomic mass is 10.1. The number of anilines is 1. The second kappa shape index (κ2) is 11.6. The van der Waals surface area contributed by atoms with Crippen molar-refractivity contribution in [3.05, 3.63) is 45.6 Å². The molecule has 0 atom stereocenters. The molecule has 11 nitrogen and oxygen atoms in total. The highest BCUT2D eigenvalue weighted by Gasteiger charge is 2.16. The molecule has 0 unspecified atom stereocenters. The molecule has 0 aliphatic rings. The van der Waals surface area contributed by atoms with Crippen molar-refractivity contribution < 1.29 is 14.5 Å². The van der Waals surface area contributed by atoms with E-state index in [9.17, 15) is 14.9 Å². The molecule has 176 valence electrons. The Kier molecular flexibility index (Phi) is 8.55. The molecule has 0 fully saturated rings. The molecule has 0 spiro atoms. The number of aryl methyl sites for hydroxylation is 1. The molecule has 0 radical (unpaired) electrons. The lowest BCUT2D eigenvalue weighted by molar-refractivity contribution is -0.385. The topological polar surface area (TPSA) is 137 Å². The maximum Gasteiger partial charge on any atom is 0.273 e. The number of amides is 1. The van der Waals surface area contributed by atoms with Gasteiger partial charge in [-0.05, 0) is 19.4 Å². The maximum absolute atomic E-state index is 12.5. The number of hydrogen-bond donors (Lipinski definition) is 2. The van der Waals surface area contributed by atoms with Gasteiger partial charge in [-0.3, -0.25) is 14.9 Å². The van der Waals surface area contributed by atoms with Crippen LogP contribution in [0.2, 0.25) is 0 Å². The zero-order valence-electron chi connectivity index (χ0n) is 18.8. The van der Waals surface area contributed by atoms with Gasteiger partial charge in [0.05, 0.1) is 29.7 Å². The maximum atomic E-state index is 12.5. The van der Waals surface area contributed by atoms with Crippen LogP contribution in [0.5, 0.6) is 0 Å².